The zero-order valence-corrected chi connectivity index (χ0v) is 15.0. The number of para-hydroxylation sites is 1. The molecule has 1 amide bonds. The van der Waals surface area contributed by atoms with Crippen molar-refractivity contribution in [1.82, 2.24) is 14.9 Å². The molecule has 2 heterocycles. The van der Waals surface area contributed by atoms with Gasteiger partial charge >= 0.3 is 5.97 Å². The summed E-state index contributed by atoms with van der Waals surface area (Å²) in [5.41, 5.74) is 1.97. The Labute approximate surface area is 152 Å². The summed E-state index contributed by atoms with van der Waals surface area (Å²) >= 11 is 0. The Morgan fingerprint density at radius 2 is 1.92 bits per heavy atom. The van der Waals surface area contributed by atoms with Crippen molar-refractivity contribution in [1.29, 1.82) is 0 Å². The molecule has 26 heavy (non-hydrogen) atoms. The lowest BCUT2D eigenvalue weighted by Gasteiger charge is -2.16. The van der Waals surface area contributed by atoms with Gasteiger partial charge in [0.15, 0.2) is 0 Å². The van der Waals surface area contributed by atoms with E-state index in [9.17, 15) is 9.59 Å². The standard InChI is InChI=1S/C19H22N4O3/c1-3-26-18(25)14-8-4-5-9-15(14)21-19-20-13(2)12-16(22-19)17(24)23-10-6-7-11-23/h4-5,8-9,12H,3,6-7,10-11H2,1-2H3,(H,20,21,22). The molecule has 0 unspecified atom stereocenters. The Kier molecular flexibility index (Phi) is 5.46. The first-order valence-electron chi connectivity index (χ1n) is 8.76. The number of carbonyl (C=O) groups is 2. The highest BCUT2D eigenvalue weighted by molar-refractivity contribution is 5.96. The second kappa shape index (κ2) is 7.95. The summed E-state index contributed by atoms with van der Waals surface area (Å²) in [6.45, 7) is 5.38. The number of nitrogens with zero attached hydrogens (tertiary/aromatic N) is 3. The van der Waals surface area contributed by atoms with Gasteiger partial charge in [0, 0.05) is 18.8 Å². The molecule has 0 spiro atoms. The van der Waals surface area contributed by atoms with E-state index in [1.807, 2.05) is 6.92 Å². The van der Waals surface area contributed by atoms with Gasteiger partial charge in [-0.2, -0.15) is 0 Å². The van der Waals surface area contributed by atoms with Crippen LogP contribution in [0, 0.1) is 6.92 Å². The number of hydrogen-bond acceptors (Lipinski definition) is 6. The molecule has 1 aromatic heterocycles. The van der Waals surface area contributed by atoms with Crippen molar-refractivity contribution < 1.29 is 14.3 Å². The van der Waals surface area contributed by atoms with E-state index in [4.69, 9.17) is 4.74 Å². The van der Waals surface area contributed by atoms with E-state index in [-0.39, 0.29) is 11.9 Å². The van der Waals surface area contributed by atoms with Crippen molar-refractivity contribution in [2.75, 3.05) is 25.0 Å². The van der Waals surface area contributed by atoms with Crippen LogP contribution in [-0.2, 0) is 4.74 Å². The molecule has 136 valence electrons. The van der Waals surface area contributed by atoms with Crippen LogP contribution in [0.25, 0.3) is 0 Å². The fraction of sp³-hybridized carbons (Fsp3) is 0.368. The SMILES string of the molecule is CCOC(=O)c1ccccc1Nc1nc(C)cc(C(=O)N2CCCC2)n1. The molecule has 1 fully saturated rings. The molecule has 3 rings (SSSR count). The molecular formula is C19H22N4O3. The zero-order chi connectivity index (χ0) is 18.5. The number of nitrogens with one attached hydrogen (secondary N) is 1. The normalized spacial score (nSPS) is 13.5. The number of aryl methyl sites for hydroxylation is 1. The third kappa shape index (κ3) is 3.99. The number of benzene rings is 1. The highest BCUT2D eigenvalue weighted by Gasteiger charge is 2.22. The molecular weight excluding hydrogens is 332 g/mol. The number of rotatable bonds is 5. The largest absolute Gasteiger partial charge is 0.462 e. The van der Waals surface area contributed by atoms with Gasteiger partial charge in [0.2, 0.25) is 5.95 Å². The van der Waals surface area contributed by atoms with Gasteiger partial charge in [-0.15, -0.1) is 0 Å². The van der Waals surface area contributed by atoms with Crippen molar-refractivity contribution in [3.8, 4) is 0 Å². The smallest absolute Gasteiger partial charge is 0.340 e. The molecule has 0 aliphatic carbocycles. The Morgan fingerprint density at radius 3 is 2.65 bits per heavy atom. The second-order valence-corrected chi connectivity index (χ2v) is 6.11. The van der Waals surface area contributed by atoms with Gasteiger partial charge in [-0.1, -0.05) is 12.1 Å². The molecule has 0 radical (unpaired) electrons. The van der Waals surface area contributed by atoms with Gasteiger partial charge in [-0.05, 0) is 44.9 Å². The summed E-state index contributed by atoms with van der Waals surface area (Å²) in [5.74, 6) is -0.226. The highest BCUT2D eigenvalue weighted by atomic mass is 16.5. The van der Waals surface area contributed by atoms with E-state index in [0.717, 1.165) is 25.9 Å². The lowest BCUT2D eigenvalue weighted by atomic mass is 10.2. The highest BCUT2D eigenvalue weighted by Crippen LogP contribution is 2.21. The summed E-state index contributed by atoms with van der Waals surface area (Å²) in [7, 11) is 0. The Hall–Kier alpha value is -2.96. The summed E-state index contributed by atoms with van der Waals surface area (Å²) in [4.78, 5) is 35.2. The lowest BCUT2D eigenvalue weighted by molar-refractivity contribution is 0.0527. The van der Waals surface area contributed by atoms with E-state index in [1.165, 1.54) is 0 Å². The summed E-state index contributed by atoms with van der Waals surface area (Å²) < 4.78 is 5.08. The van der Waals surface area contributed by atoms with Crippen LogP contribution >= 0.6 is 0 Å². The topological polar surface area (TPSA) is 84.4 Å². The number of amides is 1. The number of aromatic nitrogens is 2. The predicted molar refractivity (Wildman–Crippen MR) is 97.6 cm³/mol. The minimum Gasteiger partial charge on any atom is -0.462 e. The number of carbonyl (C=O) groups excluding carboxylic acids is 2. The van der Waals surface area contributed by atoms with Crippen LogP contribution in [0.3, 0.4) is 0 Å². The third-order valence-corrected chi connectivity index (χ3v) is 4.14. The number of anilines is 2. The van der Waals surface area contributed by atoms with Gasteiger partial charge in [-0.25, -0.2) is 14.8 Å². The van der Waals surface area contributed by atoms with Crippen LogP contribution in [-0.4, -0.2) is 46.4 Å². The van der Waals surface area contributed by atoms with Crippen molar-refractivity contribution in [3.05, 3.63) is 47.3 Å². The Balaban J connectivity index is 1.87. The first-order chi connectivity index (χ1) is 12.6. The number of esters is 1. The average molecular weight is 354 g/mol. The minimum atomic E-state index is -0.420. The van der Waals surface area contributed by atoms with Crippen LogP contribution in [0.2, 0.25) is 0 Å². The van der Waals surface area contributed by atoms with Gasteiger partial charge in [0.25, 0.3) is 5.91 Å². The Bertz CT molecular complexity index is 816. The maximum absolute atomic E-state index is 12.6. The summed E-state index contributed by atoms with van der Waals surface area (Å²) in [6, 6.07) is 8.67. The van der Waals surface area contributed by atoms with Crippen LogP contribution in [0.15, 0.2) is 30.3 Å². The minimum absolute atomic E-state index is 0.0882. The van der Waals surface area contributed by atoms with Crippen molar-refractivity contribution in [3.63, 3.8) is 0 Å². The number of hydrogen-bond donors (Lipinski definition) is 1. The molecule has 0 atom stereocenters. The fourth-order valence-corrected chi connectivity index (χ4v) is 2.92. The molecule has 0 bridgehead atoms. The third-order valence-electron chi connectivity index (χ3n) is 4.14. The van der Waals surface area contributed by atoms with Crippen LogP contribution in [0.5, 0.6) is 0 Å². The second-order valence-electron chi connectivity index (χ2n) is 6.11. The molecule has 1 saturated heterocycles. The van der Waals surface area contributed by atoms with E-state index < -0.39 is 5.97 Å². The molecule has 1 N–H and O–H groups in total. The molecule has 1 aliphatic rings. The van der Waals surface area contributed by atoms with E-state index in [0.29, 0.717) is 29.2 Å². The van der Waals surface area contributed by atoms with Gasteiger partial charge in [0.05, 0.1) is 17.9 Å². The van der Waals surface area contributed by atoms with E-state index in [2.05, 4.69) is 15.3 Å². The van der Waals surface area contributed by atoms with Gasteiger partial charge in [-0.3, -0.25) is 4.79 Å². The maximum Gasteiger partial charge on any atom is 0.340 e. The van der Waals surface area contributed by atoms with Crippen molar-refractivity contribution in [2.24, 2.45) is 0 Å². The van der Waals surface area contributed by atoms with Gasteiger partial charge in [0.1, 0.15) is 5.69 Å². The molecule has 0 saturated carbocycles. The zero-order valence-electron chi connectivity index (χ0n) is 15.0. The Morgan fingerprint density at radius 1 is 1.19 bits per heavy atom. The fourth-order valence-electron chi connectivity index (χ4n) is 2.92. The molecule has 2 aromatic rings. The van der Waals surface area contributed by atoms with Crippen molar-refractivity contribution >= 4 is 23.5 Å². The van der Waals surface area contributed by atoms with Crippen LogP contribution in [0.4, 0.5) is 11.6 Å². The summed E-state index contributed by atoms with van der Waals surface area (Å²) in [6.07, 6.45) is 2.04. The van der Waals surface area contributed by atoms with Crippen LogP contribution < -0.4 is 5.32 Å². The van der Waals surface area contributed by atoms with E-state index in [1.54, 1.807) is 42.2 Å². The van der Waals surface area contributed by atoms with Crippen LogP contribution in [0.1, 0.15) is 46.3 Å². The lowest BCUT2D eigenvalue weighted by Crippen LogP contribution is -2.28. The van der Waals surface area contributed by atoms with Crippen molar-refractivity contribution in [2.45, 2.75) is 26.7 Å². The average Bonchev–Trinajstić information content (AvgIpc) is 3.16. The first kappa shape index (κ1) is 17.8. The van der Waals surface area contributed by atoms with E-state index >= 15 is 0 Å². The van der Waals surface area contributed by atoms with Gasteiger partial charge < -0.3 is 15.0 Å². The number of likely N-dealkylation sites (tertiary alicyclic amines) is 1. The molecule has 7 heteroatoms. The monoisotopic (exact) mass is 354 g/mol. The maximum atomic E-state index is 12.6. The quantitative estimate of drug-likeness (QED) is 0.831. The number of ether oxygens (including phenoxy) is 1. The first-order valence-corrected chi connectivity index (χ1v) is 8.76. The predicted octanol–water partition coefficient (Wildman–Crippen LogP) is 2.94. The molecule has 1 aromatic carbocycles. The molecule has 7 nitrogen and oxygen atoms in total. The molecule has 1 aliphatic heterocycles. The summed E-state index contributed by atoms with van der Waals surface area (Å²) in [5, 5.41) is 3.04.